The second-order valence-corrected chi connectivity index (χ2v) is 15.4. The summed E-state index contributed by atoms with van der Waals surface area (Å²) in [6.07, 6.45) is 35.9. The SMILES string of the molecule is CC/C=C/C=C/C=C/CCCCCCCC(=O)OC(COC(=O)CCCCC/C=C/CCCCCCCC)COP(=O)(O)OCC[N+](C)(C)C. The highest BCUT2D eigenvalue weighted by Crippen LogP contribution is 2.43. The van der Waals surface area contributed by atoms with Crippen LogP contribution in [0.1, 0.15) is 142 Å². The van der Waals surface area contributed by atoms with Gasteiger partial charge in [-0.15, -0.1) is 0 Å². The molecule has 0 aromatic heterocycles. The number of unbranched alkanes of at least 4 members (excludes halogenated alkanes) is 14. The third kappa shape index (κ3) is 35.8. The van der Waals surface area contributed by atoms with E-state index in [4.69, 9.17) is 18.5 Å². The van der Waals surface area contributed by atoms with Crippen LogP contribution in [0.15, 0.2) is 48.6 Å². The molecular formula is C40H73NO8P+. The van der Waals surface area contributed by atoms with E-state index in [2.05, 4.69) is 44.2 Å². The minimum atomic E-state index is -4.38. The molecule has 0 rings (SSSR count). The van der Waals surface area contributed by atoms with Gasteiger partial charge in [0.2, 0.25) is 0 Å². The number of esters is 2. The first kappa shape index (κ1) is 48.0. The first-order chi connectivity index (χ1) is 24.0. The summed E-state index contributed by atoms with van der Waals surface area (Å²) in [7, 11) is 1.44. The summed E-state index contributed by atoms with van der Waals surface area (Å²) in [5.74, 6) is -0.847. The van der Waals surface area contributed by atoms with Crippen LogP contribution in [0.5, 0.6) is 0 Å². The van der Waals surface area contributed by atoms with Crippen molar-refractivity contribution in [1.29, 1.82) is 0 Å². The van der Waals surface area contributed by atoms with Gasteiger partial charge in [-0.05, 0) is 57.8 Å². The summed E-state index contributed by atoms with van der Waals surface area (Å²) in [5, 5.41) is 0. The highest BCUT2D eigenvalue weighted by molar-refractivity contribution is 7.47. The predicted octanol–water partition coefficient (Wildman–Crippen LogP) is 10.3. The maximum Gasteiger partial charge on any atom is 0.472 e. The van der Waals surface area contributed by atoms with Crippen LogP contribution in [0, 0.1) is 0 Å². The maximum atomic E-state index is 12.6. The lowest BCUT2D eigenvalue weighted by molar-refractivity contribution is -0.870. The fraction of sp³-hybridized carbons (Fsp3) is 0.750. The molecule has 0 fully saturated rings. The van der Waals surface area contributed by atoms with E-state index in [1.807, 2.05) is 39.4 Å². The second-order valence-electron chi connectivity index (χ2n) is 14.0. The van der Waals surface area contributed by atoms with Gasteiger partial charge in [0, 0.05) is 12.8 Å². The molecule has 0 saturated carbocycles. The number of phosphoric ester groups is 1. The third-order valence-corrected chi connectivity index (χ3v) is 8.89. The molecule has 0 saturated heterocycles. The van der Waals surface area contributed by atoms with Crippen molar-refractivity contribution in [3.63, 3.8) is 0 Å². The molecule has 0 aliphatic heterocycles. The van der Waals surface area contributed by atoms with Crippen LogP contribution in [0.25, 0.3) is 0 Å². The van der Waals surface area contributed by atoms with Crippen LogP contribution in [0.2, 0.25) is 0 Å². The van der Waals surface area contributed by atoms with Crippen molar-refractivity contribution in [3.8, 4) is 0 Å². The molecule has 0 aromatic carbocycles. The summed E-state index contributed by atoms with van der Waals surface area (Å²) < 4.78 is 34.1. The van der Waals surface area contributed by atoms with Gasteiger partial charge in [-0.25, -0.2) is 4.57 Å². The van der Waals surface area contributed by atoms with Crippen LogP contribution in [0.3, 0.4) is 0 Å². The van der Waals surface area contributed by atoms with Crippen molar-refractivity contribution < 1.29 is 42.1 Å². The lowest BCUT2D eigenvalue weighted by Gasteiger charge is -2.24. The van der Waals surface area contributed by atoms with Crippen LogP contribution in [0.4, 0.5) is 0 Å². The summed E-state index contributed by atoms with van der Waals surface area (Å²) in [6, 6.07) is 0. The lowest BCUT2D eigenvalue weighted by Crippen LogP contribution is -2.37. The molecule has 0 radical (unpaired) electrons. The van der Waals surface area contributed by atoms with Gasteiger partial charge in [-0.3, -0.25) is 18.6 Å². The zero-order valence-electron chi connectivity index (χ0n) is 32.4. The fourth-order valence-corrected chi connectivity index (χ4v) is 5.57. The highest BCUT2D eigenvalue weighted by atomic mass is 31.2. The number of likely N-dealkylation sites (N-methyl/N-ethyl adjacent to an activating group) is 1. The van der Waals surface area contributed by atoms with Gasteiger partial charge in [0.15, 0.2) is 6.10 Å². The van der Waals surface area contributed by atoms with Crippen molar-refractivity contribution in [2.24, 2.45) is 0 Å². The Balaban J connectivity index is 4.50. The topological polar surface area (TPSA) is 108 Å². The van der Waals surface area contributed by atoms with Crippen molar-refractivity contribution in [1.82, 2.24) is 0 Å². The highest BCUT2D eigenvalue weighted by Gasteiger charge is 2.27. The zero-order valence-corrected chi connectivity index (χ0v) is 33.3. The predicted molar refractivity (Wildman–Crippen MR) is 206 cm³/mol. The first-order valence-corrected chi connectivity index (χ1v) is 20.9. The Bertz CT molecular complexity index is 1000. The minimum Gasteiger partial charge on any atom is -0.462 e. The van der Waals surface area contributed by atoms with Gasteiger partial charge >= 0.3 is 19.8 Å². The van der Waals surface area contributed by atoms with Crippen LogP contribution >= 0.6 is 7.82 Å². The summed E-state index contributed by atoms with van der Waals surface area (Å²) in [6.45, 7) is 4.21. The normalized spacial score (nSPS) is 14.3. The van der Waals surface area contributed by atoms with E-state index in [9.17, 15) is 19.0 Å². The molecule has 290 valence electrons. The number of quaternary nitrogens is 1. The van der Waals surface area contributed by atoms with Gasteiger partial charge < -0.3 is 18.9 Å². The van der Waals surface area contributed by atoms with Gasteiger partial charge in [-0.1, -0.05) is 120 Å². The molecule has 2 atom stereocenters. The van der Waals surface area contributed by atoms with E-state index in [-0.39, 0.29) is 26.1 Å². The fourth-order valence-electron chi connectivity index (χ4n) is 4.83. The Morgan fingerprint density at radius 3 is 1.76 bits per heavy atom. The smallest absolute Gasteiger partial charge is 0.462 e. The molecule has 0 bridgehead atoms. The number of ether oxygens (including phenoxy) is 2. The van der Waals surface area contributed by atoms with Gasteiger partial charge in [-0.2, -0.15) is 0 Å². The molecule has 0 aromatic rings. The number of carbonyl (C=O) groups excluding carboxylic acids is 2. The van der Waals surface area contributed by atoms with E-state index in [0.29, 0.717) is 23.9 Å². The molecular weight excluding hydrogens is 653 g/mol. The average Bonchev–Trinajstić information content (AvgIpc) is 3.06. The quantitative estimate of drug-likeness (QED) is 0.0174. The molecule has 9 nitrogen and oxygen atoms in total. The van der Waals surface area contributed by atoms with Crippen LogP contribution in [-0.4, -0.2) is 74.9 Å². The Hall–Kier alpha value is -2.03. The second kappa shape index (κ2) is 32.8. The van der Waals surface area contributed by atoms with Crippen molar-refractivity contribution >= 4 is 19.8 Å². The lowest BCUT2D eigenvalue weighted by atomic mass is 10.1. The van der Waals surface area contributed by atoms with Crippen molar-refractivity contribution in [3.05, 3.63) is 48.6 Å². The van der Waals surface area contributed by atoms with E-state index >= 15 is 0 Å². The molecule has 0 aliphatic rings. The van der Waals surface area contributed by atoms with Crippen LogP contribution in [-0.2, 0) is 32.7 Å². The Labute approximate surface area is 305 Å². The number of allylic oxidation sites excluding steroid dienone is 8. The molecule has 10 heteroatoms. The number of phosphoric acid groups is 1. The zero-order chi connectivity index (χ0) is 37.2. The van der Waals surface area contributed by atoms with Crippen molar-refractivity contribution in [2.75, 3.05) is 47.5 Å². The number of carbonyl (C=O) groups is 2. The van der Waals surface area contributed by atoms with E-state index in [0.717, 1.165) is 64.2 Å². The number of hydrogen-bond acceptors (Lipinski definition) is 7. The van der Waals surface area contributed by atoms with E-state index in [1.165, 1.54) is 38.5 Å². The Morgan fingerprint density at radius 1 is 0.640 bits per heavy atom. The number of rotatable bonds is 34. The number of nitrogens with zero attached hydrogens (tertiary/aromatic N) is 1. The average molecular weight is 727 g/mol. The minimum absolute atomic E-state index is 0.0234. The van der Waals surface area contributed by atoms with Gasteiger partial charge in [0.05, 0.1) is 27.7 Å². The largest absolute Gasteiger partial charge is 0.472 e. The van der Waals surface area contributed by atoms with Gasteiger partial charge in [0.1, 0.15) is 19.8 Å². The Morgan fingerprint density at radius 2 is 1.16 bits per heavy atom. The molecule has 50 heavy (non-hydrogen) atoms. The third-order valence-electron chi connectivity index (χ3n) is 7.90. The molecule has 1 N–H and O–H groups in total. The number of hydrogen-bond donors (Lipinski definition) is 1. The monoisotopic (exact) mass is 727 g/mol. The summed E-state index contributed by atoms with van der Waals surface area (Å²) >= 11 is 0. The summed E-state index contributed by atoms with van der Waals surface area (Å²) in [4.78, 5) is 35.2. The molecule has 2 unspecified atom stereocenters. The van der Waals surface area contributed by atoms with E-state index in [1.54, 1.807) is 0 Å². The maximum absolute atomic E-state index is 12.6. The summed E-state index contributed by atoms with van der Waals surface area (Å²) in [5.41, 5.74) is 0. The van der Waals surface area contributed by atoms with Crippen LogP contribution < -0.4 is 0 Å². The molecule has 0 spiro atoms. The first-order valence-electron chi connectivity index (χ1n) is 19.4. The molecule has 0 amide bonds. The Kier molecular flexibility index (Phi) is 31.5. The van der Waals surface area contributed by atoms with E-state index < -0.39 is 32.5 Å². The standard InChI is InChI=1S/C40H72NO8P/c1-6-8-10-12-14-16-18-20-22-24-26-28-30-32-39(42)46-36-38(37-48-50(44,45)47-35-34-41(3,4)5)49-40(43)33-31-29-27-25-23-21-19-17-15-13-11-9-7-2/h9,11,13,15,17,19-20,22,38H,6-8,10,12,14,16,18,21,23-37H2,1-5H3/p+1/b11-9+,15-13+,19-17+,22-20+. The van der Waals surface area contributed by atoms with Crippen molar-refractivity contribution in [2.45, 2.75) is 148 Å². The molecule has 0 aliphatic carbocycles. The van der Waals surface area contributed by atoms with Gasteiger partial charge in [0.25, 0.3) is 0 Å². The molecule has 0 heterocycles.